The Hall–Kier alpha value is -3.55. The molecule has 0 unspecified atom stereocenters. The monoisotopic (exact) mass is 310 g/mol. The van der Waals surface area contributed by atoms with Gasteiger partial charge in [-0.2, -0.15) is 0 Å². The number of aromatic hydroxyl groups is 1. The van der Waals surface area contributed by atoms with Crippen LogP contribution < -0.4 is 0 Å². The molecule has 0 amide bonds. The van der Waals surface area contributed by atoms with E-state index in [9.17, 15) is 15.2 Å². The van der Waals surface area contributed by atoms with Crippen LogP contribution in [0.3, 0.4) is 0 Å². The van der Waals surface area contributed by atoms with Crippen molar-refractivity contribution in [3.63, 3.8) is 0 Å². The number of nitrogens with zero attached hydrogens (tertiary/aromatic N) is 4. The van der Waals surface area contributed by atoms with Gasteiger partial charge in [0.2, 0.25) is 5.89 Å². The topological polar surface area (TPSA) is 115 Å². The van der Waals surface area contributed by atoms with Crippen molar-refractivity contribution in [2.75, 3.05) is 0 Å². The molecular formula is C15H10N4O4. The number of nitro groups is 1. The summed E-state index contributed by atoms with van der Waals surface area (Å²) in [6.45, 7) is 0. The predicted molar refractivity (Wildman–Crippen MR) is 81.7 cm³/mol. The lowest BCUT2D eigenvalue weighted by Gasteiger charge is -1.94. The summed E-state index contributed by atoms with van der Waals surface area (Å²) in [5.41, 5.74) is 1.29. The highest BCUT2D eigenvalue weighted by Gasteiger charge is 2.13. The van der Waals surface area contributed by atoms with Crippen molar-refractivity contribution in [3.05, 3.63) is 64.6 Å². The van der Waals surface area contributed by atoms with Crippen molar-refractivity contribution in [3.8, 4) is 17.4 Å². The fraction of sp³-hybridized carbons (Fsp3) is 0. The third-order valence-corrected chi connectivity index (χ3v) is 2.96. The van der Waals surface area contributed by atoms with Crippen LogP contribution in [0.25, 0.3) is 11.5 Å². The standard InChI is InChI=1S/C15H10N4O4/c20-15-13(9-17-11-5-7-16-8-6-11)18-14(23-15)10-1-3-12(4-2-10)19(21)22/h1-9,20H. The Balaban J connectivity index is 1.86. The third kappa shape index (κ3) is 3.21. The number of non-ortho nitro benzene ring substituents is 1. The zero-order chi connectivity index (χ0) is 16.2. The first kappa shape index (κ1) is 14.4. The van der Waals surface area contributed by atoms with Gasteiger partial charge in [-0.25, -0.2) is 4.98 Å². The molecule has 1 aromatic carbocycles. The zero-order valence-corrected chi connectivity index (χ0v) is 11.7. The lowest BCUT2D eigenvalue weighted by molar-refractivity contribution is -0.384. The van der Waals surface area contributed by atoms with Crippen LogP contribution in [0.5, 0.6) is 5.95 Å². The molecule has 0 fully saturated rings. The predicted octanol–water partition coefficient (Wildman–Crippen LogP) is 3.10. The molecule has 0 spiro atoms. The van der Waals surface area contributed by atoms with Crippen molar-refractivity contribution < 1.29 is 14.4 Å². The van der Waals surface area contributed by atoms with Gasteiger partial charge < -0.3 is 9.52 Å². The summed E-state index contributed by atoms with van der Waals surface area (Å²) in [7, 11) is 0. The number of hydrogen-bond acceptors (Lipinski definition) is 7. The Labute approximate surface area is 129 Å². The summed E-state index contributed by atoms with van der Waals surface area (Å²) in [4.78, 5) is 22.3. The van der Waals surface area contributed by atoms with Crippen LogP contribution >= 0.6 is 0 Å². The van der Waals surface area contributed by atoms with E-state index < -0.39 is 4.92 Å². The fourth-order valence-corrected chi connectivity index (χ4v) is 1.82. The van der Waals surface area contributed by atoms with E-state index in [1.807, 2.05) is 0 Å². The highest BCUT2D eigenvalue weighted by atomic mass is 16.6. The second kappa shape index (κ2) is 6.06. The van der Waals surface area contributed by atoms with Crippen molar-refractivity contribution in [1.29, 1.82) is 0 Å². The van der Waals surface area contributed by atoms with Gasteiger partial charge in [0.1, 0.15) is 0 Å². The quantitative estimate of drug-likeness (QED) is 0.450. The van der Waals surface area contributed by atoms with E-state index in [-0.39, 0.29) is 23.2 Å². The van der Waals surface area contributed by atoms with Gasteiger partial charge in [0.05, 0.1) is 16.8 Å². The second-order valence-electron chi connectivity index (χ2n) is 4.48. The molecule has 0 radical (unpaired) electrons. The summed E-state index contributed by atoms with van der Waals surface area (Å²) in [5.74, 6) is -0.232. The highest BCUT2D eigenvalue weighted by molar-refractivity contribution is 5.82. The molecule has 3 aromatic rings. The number of oxazole rings is 1. The van der Waals surface area contributed by atoms with Gasteiger partial charge in [-0.05, 0) is 24.3 Å². The molecule has 2 aromatic heterocycles. The van der Waals surface area contributed by atoms with Crippen molar-refractivity contribution >= 4 is 17.6 Å². The second-order valence-corrected chi connectivity index (χ2v) is 4.48. The molecule has 0 aliphatic rings. The minimum atomic E-state index is -0.496. The number of hydrogen-bond donors (Lipinski definition) is 1. The molecule has 0 bridgehead atoms. The van der Waals surface area contributed by atoms with Crippen LogP contribution in [0.4, 0.5) is 11.4 Å². The lowest BCUT2D eigenvalue weighted by Crippen LogP contribution is -1.87. The van der Waals surface area contributed by atoms with Crippen LogP contribution in [-0.4, -0.2) is 26.2 Å². The van der Waals surface area contributed by atoms with Crippen LogP contribution in [0.2, 0.25) is 0 Å². The van der Waals surface area contributed by atoms with Gasteiger partial charge in [-0.1, -0.05) is 0 Å². The molecule has 8 heteroatoms. The molecular weight excluding hydrogens is 300 g/mol. The number of aromatic nitrogens is 2. The van der Waals surface area contributed by atoms with E-state index in [0.29, 0.717) is 11.3 Å². The normalized spacial score (nSPS) is 11.0. The number of nitro benzene ring substituents is 1. The summed E-state index contributed by atoms with van der Waals surface area (Å²) in [6, 6.07) is 9.05. The van der Waals surface area contributed by atoms with E-state index in [1.165, 1.54) is 30.5 Å². The Kier molecular flexibility index (Phi) is 3.79. The first-order valence-electron chi connectivity index (χ1n) is 6.52. The van der Waals surface area contributed by atoms with Crippen molar-refractivity contribution in [1.82, 2.24) is 9.97 Å². The Bertz CT molecular complexity index is 857. The van der Waals surface area contributed by atoms with E-state index >= 15 is 0 Å². The fourth-order valence-electron chi connectivity index (χ4n) is 1.82. The molecule has 0 aliphatic heterocycles. The molecule has 1 N–H and O–H groups in total. The van der Waals surface area contributed by atoms with E-state index in [1.54, 1.807) is 24.5 Å². The first-order chi connectivity index (χ1) is 11.1. The molecule has 0 atom stereocenters. The average molecular weight is 310 g/mol. The maximum atomic E-state index is 10.6. The zero-order valence-electron chi connectivity index (χ0n) is 11.7. The smallest absolute Gasteiger partial charge is 0.312 e. The highest BCUT2D eigenvalue weighted by Crippen LogP contribution is 2.27. The maximum absolute atomic E-state index is 10.6. The molecule has 0 saturated heterocycles. The van der Waals surface area contributed by atoms with Crippen LogP contribution in [0.1, 0.15) is 5.69 Å². The maximum Gasteiger partial charge on any atom is 0.312 e. The summed E-state index contributed by atoms with van der Waals surface area (Å²) < 4.78 is 5.16. The summed E-state index contributed by atoms with van der Waals surface area (Å²) >= 11 is 0. The Morgan fingerprint density at radius 1 is 1.17 bits per heavy atom. The Morgan fingerprint density at radius 3 is 2.52 bits per heavy atom. The molecule has 0 aliphatic carbocycles. The molecule has 0 saturated carbocycles. The number of pyridine rings is 1. The Morgan fingerprint density at radius 2 is 1.87 bits per heavy atom. The molecule has 114 valence electrons. The van der Waals surface area contributed by atoms with E-state index in [2.05, 4.69) is 15.0 Å². The molecule has 3 rings (SSSR count). The van der Waals surface area contributed by atoms with Gasteiger partial charge in [-0.15, -0.1) is 0 Å². The minimum absolute atomic E-state index is 0.0380. The van der Waals surface area contributed by atoms with Gasteiger partial charge >= 0.3 is 5.95 Å². The summed E-state index contributed by atoms with van der Waals surface area (Å²) in [5, 5.41) is 20.4. The number of rotatable bonds is 4. The molecule has 2 heterocycles. The van der Waals surface area contributed by atoms with E-state index in [0.717, 1.165) is 0 Å². The van der Waals surface area contributed by atoms with Gasteiger partial charge in [0.15, 0.2) is 5.69 Å². The van der Waals surface area contributed by atoms with Crippen LogP contribution in [0.15, 0.2) is 58.2 Å². The van der Waals surface area contributed by atoms with Crippen LogP contribution in [-0.2, 0) is 0 Å². The lowest BCUT2D eigenvalue weighted by atomic mass is 10.2. The van der Waals surface area contributed by atoms with Gasteiger partial charge in [-0.3, -0.25) is 20.1 Å². The SMILES string of the molecule is O=[N+]([O-])c1ccc(-c2nc(C=Nc3ccncc3)c(O)o2)cc1. The van der Waals surface area contributed by atoms with Crippen molar-refractivity contribution in [2.45, 2.75) is 0 Å². The van der Waals surface area contributed by atoms with E-state index in [4.69, 9.17) is 4.42 Å². The largest absolute Gasteiger partial charge is 0.479 e. The van der Waals surface area contributed by atoms with Gasteiger partial charge in [0, 0.05) is 30.1 Å². The van der Waals surface area contributed by atoms with Crippen molar-refractivity contribution in [2.24, 2.45) is 4.99 Å². The molecule has 8 nitrogen and oxygen atoms in total. The first-order valence-corrected chi connectivity index (χ1v) is 6.52. The number of aliphatic imine (C=N–C) groups is 1. The average Bonchev–Trinajstić information content (AvgIpc) is 2.95. The third-order valence-electron chi connectivity index (χ3n) is 2.96. The minimum Gasteiger partial charge on any atom is -0.479 e. The molecule has 23 heavy (non-hydrogen) atoms. The summed E-state index contributed by atoms with van der Waals surface area (Å²) in [6.07, 6.45) is 4.55. The van der Waals surface area contributed by atoms with Gasteiger partial charge in [0.25, 0.3) is 5.69 Å². The number of benzene rings is 1. The van der Waals surface area contributed by atoms with Crippen LogP contribution in [0, 0.1) is 10.1 Å².